The molecule has 2 unspecified atom stereocenters. The Hall–Kier alpha value is -0.120. The third-order valence-corrected chi connectivity index (χ3v) is 4.74. The smallest absolute Gasteiger partial charge is 0.0687 e. The summed E-state index contributed by atoms with van der Waals surface area (Å²) in [4.78, 5) is 0. The molecule has 0 bridgehead atoms. The molecule has 2 rings (SSSR count). The van der Waals surface area contributed by atoms with Gasteiger partial charge in [0.2, 0.25) is 0 Å². The standard InChI is InChI=1S/C16H31NO2/c1-14(13-17-10-11-18-2)12-15-6-9-16(19-15)7-4-3-5-8-16/h14-15,17H,3-13H2,1-2H3. The van der Waals surface area contributed by atoms with E-state index in [0.29, 0.717) is 12.0 Å². The lowest BCUT2D eigenvalue weighted by molar-refractivity contribution is -0.0691. The Kier molecular flexibility index (Phi) is 6.11. The Labute approximate surface area is 118 Å². The summed E-state index contributed by atoms with van der Waals surface area (Å²) in [5.41, 5.74) is 0.284. The van der Waals surface area contributed by atoms with Crippen LogP contribution < -0.4 is 5.32 Å². The summed E-state index contributed by atoms with van der Waals surface area (Å²) in [6.45, 7) is 5.16. The summed E-state index contributed by atoms with van der Waals surface area (Å²) in [6.07, 6.45) is 11.1. The van der Waals surface area contributed by atoms with E-state index in [1.54, 1.807) is 7.11 Å². The maximum absolute atomic E-state index is 6.44. The van der Waals surface area contributed by atoms with E-state index in [1.165, 1.54) is 51.4 Å². The highest BCUT2D eigenvalue weighted by Gasteiger charge is 2.40. The average molecular weight is 269 g/mol. The molecule has 1 aliphatic heterocycles. The molecule has 2 atom stereocenters. The number of hydrogen-bond donors (Lipinski definition) is 1. The monoisotopic (exact) mass is 269 g/mol. The Bertz CT molecular complexity index is 251. The molecule has 0 aromatic carbocycles. The zero-order valence-electron chi connectivity index (χ0n) is 12.7. The average Bonchev–Trinajstić information content (AvgIpc) is 2.78. The molecule has 1 saturated carbocycles. The number of methoxy groups -OCH3 is 1. The van der Waals surface area contributed by atoms with Gasteiger partial charge in [0.05, 0.1) is 18.3 Å². The van der Waals surface area contributed by atoms with Crippen LogP contribution in [0.2, 0.25) is 0 Å². The number of nitrogens with one attached hydrogen (secondary N) is 1. The van der Waals surface area contributed by atoms with E-state index in [1.807, 2.05) is 0 Å². The molecule has 1 saturated heterocycles. The van der Waals surface area contributed by atoms with Gasteiger partial charge in [-0.05, 0) is 44.6 Å². The quantitative estimate of drug-likeness (QED) is 0.720. The van der Waals surface area contributed by atoms with E-state index in [2.05, 4.69) is 12.2 Å². The van der Waals surface area contributed by atoms with Gasteiger partial charge in [0, 0.05) is 13.7 Å². The van der Waals surface area contributed by atoms with Crippen LogP contribution in [0.4, 0.5) is 0 Å². The van der Waals surface area contributed by atoms with Crippen molar-refractivity contribution in [3.8, 4) is 0 Å². The Morgan fingerprint density at radius 1 is 1.26 bits per heavy atom. The minimum atomic E-state index is 0.284. The minimum absolute atomic E-state index is 0.284. The molecule has 1 spiro atoms. The van der Waals surface area contributed by atoms with Crippen LogP contribution in [0.3, 0.4) is 0 Å². The summed E-state index contributed by atoms with van der Waals surface area (Å²) >= 11 is 0. The summed E-state index contributed by atoms with van der Waals surface area (Å²) in [5.74, 6) is 0.695. The van der Waals surface area contributed by atoms with Crippen LogP contribution in [0.15, 0.2) is 0 Å². The molecule has 0 amide bonds. The first-order chi connectivity index (χ1) is 9.24. The molecule has 1 N–H and O–H groups in total. The second kappa shape index (κ2) is 7.61. The summed E-state index contributed by atoms with van der Waals surface area (Å²) < 4.78 is 11.5. The molecular weight excluding hydrogens is 238 g/mol. The largest absolute Gasteiger partial charge is 0.383 e. The van der Waals surface area contributed by atoms with Crippen molar-refractivity contribution < 1.29 is 9.47 Å². The van der Waals surface area contributed by atoms with Crippen LogP contribution in [0, 0.1) is 5.92 Å². The van der Waals surface area contributed by atoms with E-state index in [0.717, 1.165) is 19.7 Å². The topological polar surface area (TPSA) is 30.5 Å². The van der Waals surface area contributed by atoms with Gasteiger partial charge in [-0.2, -0.15) is 0 Å². The SMILES string of the molecule is COCCNCC(C)CC1CCC2(CCCCC2)O1. The van der Waals surface area contributed by atoms with Crippen molar-refractivity contribution in [3.63, 3.8) is 0 Å². The van der Waals surface area contributed by atoms with Crippen molar-refractivity contribution in [2.24, 2.45) is 5.92 Å². The second-order valence-corrected chi connectivity index (χ2v) is 6.56. The number of rotatable bonds is 7. The van der Waals surface area contributed by atoms with Crippen molar-refractivity contribution in [1.29, 1.82) is 0 Å². The van der Waals surface area contributed by atoms with Crippen LogP contribution in [-0.2, 0) is 9.47 Å². The predicted molar refractivity (Wildman–Crippen MR) is 78.4 cm³/mol. The van der Waals surface area contributed by atoms with Gasteiger partial charge in [-0.1, -0.05) is 26.2 Å². The third kappa shape index (κ3) is 4.73. The molecule has 19 heavy (non-hydrogen) atoms. The highest BCUT2D eigenvalue weighted by molar-refractivity contribution is 4.91. The molecule has 2 fully saturated rings. The Morgan fingerprint density at radius 3 is 2.79 bits per heavy atom. The zero-order valence-corrected chi connectivity index (χ0v) is 12.7. The Morgan fingerprint density at radius 2 is 2.05 bits per heavy atom. The van der Waals surface area contributed by atoms with Crippen molar-refractivity contribution in [2.75, 3.05) is 26.8 Å². The molecule has 1 heterocycles. The van der Waals surface area contributed by atoms with E-state index >= 15 is 0 Å². The van der Waals surface area contributed by atoms with E-state index in [9.17, 15) is 0 Å². The lowest BCUT2D eigenvalue weighted by Crippen LogP contribution is -2.32. The summed E-state index contributed by atoms with van der Waals surface area (Å²) in [5, 5.41) is 3.45. The lowest BCUT2D eigenvalue weighted by atomic mass is 9.83. The second-order valence-electron chi connectivity index (χ2n) is 6.56. The first-order valence-corrected chi connectivity index (χ1v) is 8.11. The van der Waals surface area contributed by atoms with Crippen molar-refractivity contribution in [2.45, 2.75) is 70.0 Å². The van der Waals surface area contributed by atoms with Crippen LogP contribution >= 0.6 is 0 Å². The van der Waals surface area contributed by atoms with E-state index < -0.39 is 0 Å². The third-order valence-electron chi connectivity index (χ3n) is 4.74. The first-order valence-electron chi connectivity index (χ1n) is 8.11. The van der Waals surface area contributed by atoms with Crippen molar-refractivity contribution >= 4 is 0 Å². The number of ether oxygens (including phenoxy) is 2. The van der Waals surface area contributed by atoms with Gasteiger partial charge in [0.25, 0.3) is 0 Å². The normalized spacial score (nSPS) is 27.8. The van der Waals surface area contributed by atoms with E-state index in [4.69, 9.17) is 9.47 Å². The molecule has 2 aliphatic rings. The van der Waals surface area contributed by atoms with Gasteiger partial charge < -0.3 is 14.8 Å². The Balaban J connectivity index is 1.63. The van der Waals surface area contributed by atoms with E-state index in [-0.39, 0.29) is 5.60 Å². The highest BCUT2D eigenvalue weighted by Crippen LogP contribution is 2.43. The number of hydrogen-bond acceptors (Lipinski definition) is 3. The lowest BCUT2D eigenvalue weighted by Gasteiger charge is -2.33. The van der Waals surface area contributed by atoms with Crippen LogP contribution in [0.1, 0.15) is 58.3 Å². The van der Waals surface area contributed by atoms with Crippen LogP contribution in [0.25, 0.3) is 0 Å². The van der Waals surface area contributed by atoms with Crippen molar-refractivity contribution in [3.05, 3.63) is 0 Å². The molecule has 112 valence electrons. The fourth-order valence-corrected chi connectivity index (χ4v) is 3.68. The summed E-state index contributed by atoms with van der Waals surface area (Å²) in [7, 11) is 1.75. The van der Waals surface area contributed by atoms with Gasteiger partial charge in [0.1, 0.15) is 0 Å². The molecule has 0 aromatic rings. The molecule has 3 nitrogen and oxygen atoms in total. The molecular formula is C16H31NO2. The van der Waals surface area contributed by atoms with Gasteiger partial charge in [-0.25, -0.2) is 0 Å². The van der Waals surface area contributed by atoms with Gasteiger partial charge in [-0.15, -0.1) is 0 Å². The van der Waals surface area contributed by atoms with Gasteiger partial charge in [-0.3, -0.25) is 0 Å². The maximum atomic E-state index is 6.44. The van der Waals surface area contributed by atoms with Crippen molar-refractivity contribution in [1.82, 2.24) is 5.32 Å². The van der Waals surface area contributed by atoms with Crippen LogP contribution in [-0.4, -0.2) is 38.5 Å². The molecule has 3 heteroatoms. The molecule has 0 radical (unpaired) electrons. The highest BCUT2D eigenvalue weighted by atomic mass is 16.5. The fraction of sp³-hybridized carbons (Fsp3) is 1.00. The minimum Gasteiger partial charge on any atom is -0.383 e. The molecule has 0 aromatic heterocycles. The summed E-state index contributed by atoms with van der Waals surface area (Å²) in [6, 6.07) is 0. The predicted octanol–water partition coefficient (Wildman–Crippen LogP) is 3.13. The van der Waals surface area contributed by atoms with Crippen LogP contribution in [0.5, 0.6) is 0 Å². The van der Waals surface area contributed by atoms with Gasteiger partial charge >= 0.3 is 0 Å². The maximum Gasteiger partial charge on any atom is 0.0687 e. The first kappa shape index (κ1) is 15.3. The molecule has 1 aliphatic carbocycles. The fourth-order valence-electron chi connectivity index (χ4n) is 3.68. The van der Waals surface area contributed by atoms with Gasteiger partial charge in [0.15, 0.2) is 0 Å². The zero-order chi connectivity index (χ0) is 13.6.